The normalized spacial score (nSPS) is 14.5. The summed E-state index contributed by atoms with van der Waals surface area (Å²) < 4.78 is 0. The topological polar surface area (TPSA) is 3.24 Å². The maximum atomic E-state index is 2.56. The first-order valence-electron chi connectivity index (χ1n) is 23.8. The van der Waals surface area contributed by atoms with Crippen LogP contribution < -0.4 is 4.90 Å². The second-order valence-corrected chi connectivity index (χ2v) is 18.0. The Balaban J connectivity index is 0.00000130. The molecule has 322 valence electrons. The number of rotatable bonds is 7. The van der Waals surface area contributed by atoms with Gasteiger partial charge in [0.2, 0.25) is 0 Å². The third-order valence-corrected chi connectivity index (χ3v) is 13.8. The summed E-state index contributed by atoms with van der Waals surface area (Å²) >= 11 is 0. The largest absolute Gasteiger partial charge is 0.310 e. The molecule has 0 aliphatic heterocycles. The van der Waals surface area contributed by atoms with Gasteiger partial charge in [0.15, 0.2) is 0 Å². The zero-order valence-corrected chi connectivity index (χ0v) is 39.4. The van der Waals surface area contributed by atoms with E-state index in [0.29, 0.717) is 0 Å². The van der Waals surface area contributed by atoms with Crippen molar-refractivity contribution in [1.29, 1.82) is 0 Å². The number of hydrogen-bond acceptors (Lipinski definition) is 1. The Bertz CT molecular complexity index is 2960. The minimum atomic E-state index is -0.142. The second-order valence-electron chi connectivity index (χ2n) is 18.0. The van der Waals surface area contributed by atoms with Gasteiger partial charge < -0.3 is 4.90 Å². The van der Waals surface area contributed by atoms with Crippen molar-refractivity contribution < 1.29 is 0 Å². The summed E-state index contributed by atoms with van der Waals surface area (Å²) in [5.74, 6) is 0. The molecule has 0 saturated heterocycles. The lowest BCUT2D eigenvalue weighted by Crippen LogP contribution is -2.18. The molecule has 8 aromatic rings. The summed E-state index contributed by atoms with van der Waals surface area (Å²) in [6, 6.07) is 70.2. The molecule has 3 aliphatic rings. The summed E-state index contributed by atoms with van der Waals surface area (Å²) in [7, 11) is 0. The fourth-order valence-electron chi connectivity index (χ4n) is 10.5. The Hall–Kier alpha value is -6.96. The van der Waals surface area contributed by atoms with E-state index in [1.54, 1.807) is 0 Å². The predicted octanol–water partition coefficient (Wildman–Crippen LogP) is 18.4. The molecule has 65 heavy (non-hydrogen) atoms. The second kappa shape index (κ2) is 17.9. The van der Waals surface area contributed by atoms with Crippen molar-refractivity contribution in [2.45, 2.75) is 79.1 Å². The van der Waals surface area contributed by atoms with Gasteiger partial charge in [-0.05, 0) is 133 Å². The number of nitrogens with zero attached hydrogens (tertiary/aromatic N) is 1. The molecule has 0 saturated carbocycles. The first kappa shape index (κ1) is 43.3. The van der Waals surface area contributed by atoms with Crippen LogP contribution in [0.4, 0.5) is 17.1 Å². The molecule has 1 nitrogen and oxygen atoms in total. The zero-order chi connectivity index (χ0) is 45.3. The summed E-state index contributed by atoms with van der Waals surface area (Å²) in [6.45, 7) is 17.5. The molecule has 0 unspecified atom stereocenters. The minimum Gasteiger partial charge on any atom is -0.310 e. The van der Waals surface area contributed by atoms with Crippen LogP contribution in [0.15, 0.2) is 200 Å². The van der Waals surface area contributed by atoms with Gasteiger partial charge in [-0.25, -0.2) is 0 Å². The van der Waals surface area contributed by atoms with Gasteiger partial charge in [-0.2, -0.15) is 0 Å². The summed E-state index contributed by atoms with van der Waals surface area (Å²) in [6.07, 6.45) is 6.82. The molecule has 1 heteroatoms. The van der Waals surface area contributed by atoms with Crippen molar-refractivity contribution in [2.24, 2.45) is 0 Å². The third kappa shape index (κ3) is 7.68. The Morgan fingerprint density at radius 2 is 0.846 bits per heavy atom. The van der Waals surface area contributed by atoms with Gasteiger partial charge in [0.25, 0.3) is 0 Å². The molecule has 0 fully saturated rings. The van der Waals surface area contributed by atoms with Crippen LogP contribution in [0.5, 0.6) is 0 Å². The lowest BCUT2D eigenvalue weighted by molar-refractivity contribution is 0.660. The van der Waals surface area contributed by atoms with Crippen molar-refractivity contribution in [3.8, 4) is 44.5 Å². The van der Waals surface area contributed by atoms with Crippen molar-refractivity contribution in [1.82, 2.24) is 0 Å². The van der Waals surface area contributed by atoms with Crippen molar-refractivity contribution in [3.05, 3.63) is 234 Å². The van der Waals surface area contributed by atoms with E-state index in [1.165, 1.54) is 94.7 Å². The maximum Gasteiger partial charge on any atom is 0.0546 e. The third-order valence-electron chi connectivity index (χ3n) is 13.8. The number of hydrogen-bond donors (Lipinski definition) is 0. The average molecular weight is 844 g/mol. The fraction of sp³-hybridized carbons (Fsp3) is 0.188. The molecule has 0 atom stereocenters. The van der Waals surface area contributed by atoms with E-state index < -0.39 is 0 Å². The van der Waals surface area contributed by atoms with Gasteiger partial charge in [0.1, 0.15) is 0 Å². The van der Waals surface area contributed by atoms with E-state index >= 15 is 0 Å². The molecular weight excluding hydrogens is 783 g/mol. The molecule has 0 heterocycles. The zero-order valence-electron chi connectivity index (χ0n) is 39.4. The molecule has 0 spiro atoms. The van der Waals surface area contributed by atoms with Crippen LogP contribution in [0.1, 0.15) is 102 Å². The van der Waals surface area contributed by atoms with Crippen LogP contribution in [0.2, 0.25) is 0 Å². The first-order valence-corrected chi connectivity index (χ1v) is 23.8. The molecule has 0 amide bonds. The van der Waals surface area contributed by atoms with Crippen LogP contribution in [0.3, 0.4) is 0 Å². The van der Waals surface area contributed by atoms with E-state index in [4.69, 9.17) is 0 Å². The predicted molar refractivity (Wildman–Crippen MR) is 281 cm³/mol. The first-order chi connectivity index (χ1) is 31.8. The van der Waals surface area contributed by atoms with Crippen LogP contribution in [0.25, 0.3) is 55.7 Å². The average Bonchev–Trinajstić information content (AvgIpc) is 3.74. The van der Waals surface area contributed by atoms with E-state index in [2.05, 4.69) is 233 Å². The standard InChI is InChI=1S/C60H49N.2C2H6/c1-59(2)54-27-13-11-25-50(54)52-33-30-47(38-56(52)59)61(48-31-34-53-51-26-12-14-28-55(51)60(3,4)57(53)39-48)58-37-45(44-23-15-21-42(35-44)40-17-7-5-8-18-40)29-32-49(58)46-24-16-22-43(36-46)41-19-9-6-10-20-41;2*1-2/h5-14,16-22,24-39H,15,23H2,1-4H3;2*1-2H3. The SMILES string of the molecule is CC.CC.CC1(C)c2ccccc2-c2ccc(N(c3ccc4c(c3)C(C)(C)c3ccccc3-4)c3cc(C4=CC(c5ccccc5)=CCC4)ccc3-c3cccc(-c4ccccc4)c3)cc21. The summed E-state index contributed by atoms with van der Waals surface area (Å²) in [4.78, 5) is 2.56. The van der Waals surface area contributed by atoms with Gasteiger partial charge in [-0.15, -0.1) is 0 Å². The molecule has 8 aromatic carbocycles. The molecule has 0 aromatic heterocycles. The number of anilines is 3. The molecule has 0 radical (unpaired) electrons. The minimum absolute atomic E-state index is 0.142. The van der Waals surface area contributed by atoms with Crippen molar-refractivity contribution in [3.63, 3.8) is 0 Å². The van der Waals surface area contributed by atoms with Gasteiger partial charge in [0, 0.05) is 27.8 Å². The van der Waals surface area contributed by atoms with Crippen LogP contribution in [-0.4, -0.2) is 0 Å². The maximum absolute atomic E-state index is 2.56. The Labute approximate surface area is 388 Å². The molecule has 0 bridgehead atoms. The van der Waals surface area contributed by atoms with Gasteiger partial charge in [0.05, 0.1) is 5.69 Å². The van der Waals surface area contributed by atoms with E-state index in [0.717, 1.165) is 24.2 Å². The molecular formula is C64H61N. The highest BCUT2D eigenvalue weighted by atomic mass is 15.1. The van der Waals surface area contributed by atoms with Crippen LogP contribution >= 0.6 is 0 Å². The van der Waals surface area contributed by atoms with Gasteiger partial charge >= 0.3 is 0 Å². The quantitative estimate of drug-likeness (QED) is 0.154. The molecule has 11 rings (SSSR count). The Morgan fingerprint density at radius 1 is 0.369 bits per heavy atom. The van der Waals surface area contributed by atoms with Crippen LogP contribution in [0, 0.1) is 0 Å². The van der Waals surface area contributed by atoms with Crippen molar-refractivity contribution >= 4 is 28.2 Å². The number of fused-ring (bicyclic) bond motifs is 6. The highest BCUT2D eigenvalue weighted by Crippen LogP contribution is 2.54. The van der Waals surface area contributed by atoms with E-state index in [9.17, 15) is 0 Å². The lowest BCUT2D eigenvalue weighted by atomic mass is 9.82. The lowest BCUT2D eigenvalue weighted by Gasteiger charge is -2.32. The smallest absolute Gasteiger partial charge is 0.0546 e. The summed E-state index contributed by atoms with van der Waals surface area (Å²) in [5, 5.41) is 0. The van der Waals surface area contributed by atoms with Gasteiger partial charge in [-0.3, -0.25) is 0 Å². The Kier molecular flexibility index (Phi) is 11.9. The highest BCUT2D eigenvalue weighted by molar-refractivity contribution is 5.95. The Morgan fingerprint density at radius 3 is 1.43 bits per heavy atom. The van der Waals surface area contributed by atoms with Crippen molar-refractivity contribution in [2.75, 3.05) is 4.90 Å². The number of allylic oxidation sites excluding steroid dienone is 4. The molecule has 0 N–H and O–H groups in total. The van der Waals surface area contributed by atoms with E-state index in [-0.39, 0.29) is 10.8 Å². The fourth-order valence-corrected chi connectivity index (χ4v) is 10.5. The van der Waals surface area contributed by atoms with E-state index in [1.807, 2.05) is 27.7 Å². The monoisotopic (exact) mass is 843 g/mol. The summed E-state index contributed by atoms with van der Waals surface area (Å²) in [5.41, 5.74) is 24.0. The molecule has 3 aliphatic carbocycles. The van der Waals surface area contributed by atoms with Gasteiger partial charge in [-0.1, -0.05) is 219 Å². The van der Waals surface area contributed by atoms with Crippen LogP contribution in [-0.2, 0) is 10.8 Å². The highest BCUT2D eigenvalue weighted by Gasteiger charge is 2.38. The number of benzene rings is 8.